The summed E-state index contributed by atoms with van der Waals surface area (Å²) in [6, 6.07) is 28.4. The molecule has 0 radical (unpaired) electrons. The number of halogens is 1. The Bertz CT molecular complexity index is 1670. The van der Waals surface area contributed by atoms with E-state index in [4.69, 9.17) is 4.74 Å². The van der Waals surface area contributed by atoms with E-state index in [0.29, 0.717) is 6.54 Å². The topological polar surface area (TPSA) is 96.0 Å². The third kappa shape index (κ3) is 8.48. The Morgan fingerprint density at radius 2 is 1.49 bits per heavy atom. The number of anilines is 1. The first kappa shape index (κ1) is 33.2. The van der Waals surface area contributed by atoms with Gasteiger partial charge >= 0.3 is 0 Å². The Morgan fingerprint density at radius 1 is 0.867 bits per heavy atom. The molecule has 1 N–H and O–H groups in total. The van der Waals surface area contributed by atoms with Crippen molar-refractivity contribution in [3.8, 4) is 5.75 Å². The number of hydrogen-bond donors (Lipinski definition) is 1. The van der Waals surface area contributed by atoms with Gasteiger partial charge in [-0.15, -0.1) is 0 Å². The number of benzene rings is 4. The molecule has 1 atom stereocenters. The fourth-order valence-electron chi connectivity index (χ4n) is 4.94. The second-order valence-corrected chi connectivity index (χ2v) is 12.3. The van der Waals surface area contributed by atoms with Crippen LogP contribution in [0.5, 0.6) is 5.75 Å². The smallest absolute Gasteiger partial charge is 0.264 e. The standard InChI is InChI=1S/C35H38FN3O5S/c1-3-4-23-37-35(41)32(24-27-15-7-5-8-16-27)38(25-28-17-11-12-20-30(28)36)34(40)26-39(31-21-13-14-22-33(31)44-2)45(42,43)29-18-9-6-10-19-29/h5-22,32H,3-4,23-26H2,1-2H3,(H,37,41)/t32-/m0/s1. The Morgan fingerprint density at radius 3 is 2.16 bits per heavy atom. The molecule has 4 aromatic rings. The van der Waals surface area contributed by atoms with Crippen LogP contribution in [0.1, 0.15) is 30.9 Å². The molecule has 0 fully saturated rings. The molecular weight excluding hydrogens is 593 g/mol. The van der Waals surface area contributed by atoms with Crippen LogP contribution in [-0.4, -0.2) is 51.4 Å². The highest BCUT2D eigenvalue weighted by atomic mass is 32.2. The number of carbonyl (C=O) groups is 2. The van der Waals surface area contributed by atoms with Crippen molar-refractivity contribution in [2.75, 3.05) is 24.5 Å². The minimum absolute atomic E-state index is 0.0255. The molecule has 0 aromatic heterocycles. The number of sulfonamides is 1. The minimum Gasteiger partial charge on any atom is -0.495 e. The van der Waals surface area contributed by atoms with Crippen molar-refractivity contribution >= 4 is 27.5 Å². The monoisotopic (exact) mass is 631 g/mol. The van der Waals surface area contributed by atoms with Crippen LogP contribution in [0.2, 0.25) is 0 Å². The van der Waals surface area contributed by atoms with Crippen LogP contribution in [0.15, 0.2) is 114 Å². The molecule has 0 aliphatic carbocycles. The molecule has 10 heteroatoms. The average molecular weight is 632 g/mol. The first-order valence-corrected chi connectivity index (χ1v) is 16.3. The number of ether oxygens (including phenoxy) is 1. The number of unbranched alkanes of at least 4 members (excludes halogenated alkanes) is 1. The molecule has 4 aromatic carbocycles. The first-order valence-electron chi connectivity index (χ1n) is 14.8. The van der Waals surface area contributed by atoms with Gasteiger partial charge in [-0.1, -0.05) is 92.2 Å². The minimum atomic E-state index is -4.29. The summed E-state index contributed by atoms with van der Waals surface area (Å²) >= 11 is 0. The summed E-state index contributed by atoms with van der Waals surface area (Å²) in [5.74, 6) is -1.40. The van der Waals surface area contributed by atoms with Crippen LogP contribution in [-0.2, 0) is 32.6 Å². The van der Waals surface area contributed by atoms with Crippen molar-refractivity contribution in [2.45, 2.75) is 43.7 Å². The van der Waals surface area contributed by atoms with Gasteiger partial charge in [-0.25, -0.2) is 12.8 Å². The van der Waals surface area contributed by atoms with Gasteiger partial charge in [0.05, 0.1) is 17.7 Å². The number of nitrogens with zero attached hydrogens (tertiary/aromatic N) is 2. The zero-order valence-corrected chi connectivity index (χ0v) is 26.3. The maximum atomic E-state index is 15.0. The second kappa shape index (κ2) is 15.9. The molecule has 0 saturated heterocycles. The zero-order chi connectivity index (χ0) is 32.2. The van der Waals surface area contributed by atoms with Gasteiger partial charge in [0.1, 0.15) is 24.2 Å². The van der Waals surface area contributed by atoms with E-state index < -0.39 is 40.2 Å². The van der Waals surface area contributed by atoms with Crippen molar-refractivity contribution in [3.63, 3.8) is 0 Å². The molecule has 8 nitrogen and oxygen atoms in total. The molecule has 4 rings (SSSR count). The number of methoxy groups -OCH3 is 1. The molecule has 236 valence electrons. The number of para-hydroxylation sites is 2. The van der Waals surface area contributed by atoms with Crippen molar-refractivity contribution < 1.29 is 27.1 Å². The Labute approximate surface area is 264 Å². The Balaban J connectivity index is 1.82. The van der Waals surface area contributed by atoms with E-state index in [0.717, 1.165) is 22.7 Å². The van der Waals surface area contributed by atoms with Gasteiger partial charge in [0.25, 0.3) is 10.0 Å². The van der Waals surface area contributed by atoms with Gasteiger partial charge in [-0.05, 0) is 42.3 Å². The SMILES string of the molecule is CCCCNC(=O)[C@H](Cc1ccccc1)N(Cc1ccccc1F)C(=O)CN(c1ccccc1OC)S(=O)(=O)c1ccccc1. The number of amides is 2. The first-order chi connectivity index (χ1) is 21.8. The van der Waals surface area contributed by atoms with E-state index in [1.165, 1.54) is 30.2 Å². The summed E-state index contributed by atoms with van der Waals surface area (Å²) in [5.41, 5.74) is 1.13. The molecule has 0 aliphatic rings. The van der Waals surface area contributed by atoms with E-state index in [-0.39, 0.29) is 34.9 Å². The van der Waals surface area contributed by atoms with Gasteiger partial charge < -0.3 is 15.0 Å². The molecule has 0 spiro atoms. The summed E-state index contributed by atoms with van der Waals surface area (Å²) < 4.78 is 49.7. The number of rotatable bonds is 15. The van der Waals surface area contributed by atoms with Crippen molar-refractivity contribution in [3.05, 3.63) is 126 Å². The molecule has 0 unspecified atom stereocenters. The molecule has 0 aliphatic heterocycles. The number of carbonyl (C=O) groups excluding carboxylic acids is 2. The van der Waals surface area contributed by atoms with E-state index in [2.05, 4.69) is 5.32 Å². The number of nitrogens with one attached hydrogen (secondary N) is 1. The van der Waals surface area contributed by atoms with Crippen molar-refractivity contribution in [2.24, 2.45) is 0 Å². The fraction of sp³-hybridized carbons (Fsp3) is 0.257. The molecule has 0 heterocycles. The average Bonchev–Trinajstić information content (AvgIpc) is 3.06. The highest BCUT2D eigenvalue weighted by Crippen LogP contribution is 2.32. The fourth-order valence-corrected chi connectivity index (χ4v) is 6.38. The highest BCUT2D eigenvalue weighted by Gasteiger charge is 2.35. The van der Waals surface area contributed by atoms with Crippen LogP contribution in [0.4, 0.5) is 10.1 Å². The van der Waals surface area contributed by atoms with Crippen LogP contribution in [0.25, 0.3) is 0 Å². The normalized spacial score (nSPS) is 11.8. The van der Waals surface area contributed by atoms with E-state index in [9.17, 15) is 18.0 Å². The van der Waals surface area contributed by atoms with Gasteiger partial charge in [0.2, 0.25) is 11.8 Å². The summed E-state index contributed by atoms with van der Waals surface area (Å²) in [6.07, 6.45) is 1.73. The van der Waals surface area contributed by atoms with Crippen LogP contribution >= 0.6 is 0 Å². The predicted octanol–water partition coefficient (Wildman–Crippen LogP) is 5.59. The van der Waals surface area contributed by atoms with Crippen molar-refractivity contribution in [1.82, 2.24) is 10.2 Å². The number of hydrogen-bond acceptors (Lipinski definition) is 5. The molecule has 45 heavy (non-hydrogen) atoms. The van der Waals surface area contributed by atoms with Gasteiger partial charge in [0.15, 0.2) is 0 Å². The zero-order valence-electron chi connectivity index (χ0n) is 25.4. The van der Waals surface area contributed by atoms with Gasteiger partial charge in [-0.3, -0.25) is 13.9 Å². The predicted molar refractivity (Wildman–Crippen MR) is 173 cm³/mol. The largest absolute Gasteiger partial charge is 0.495 e. The van der Waals surface area contributed by atoms with Crippen LogP contribution in [0, 0.1) is 5.82 Å². The molecular formula is C35H38FN3O5S. The maximum Gasteiger partial charge on any atom is 0.264 e. The Hall–Kier alpha value is -4.70. The van der Waals surface area contributed by atoms with Gasteiger partial charge in [0, 0.05) is 25.1 Å². The summed E-state index contributed by atoms with van der Waals surface area (Å²) in [4.78, 5) is 29.5. The second-order valence-electron chi connectivity index (χ2n) is 10.5. The molecule has 2 amide bonds. The highest BCUT2D eigenvalue weighted by molar-refractivity contribution is 7.92. The van der Waals surface area contributed by atoms with E-state index in [1.807, 2.05) is 37.3 Å². The van der Waals surface area contributed by atoms with Crippen LogP contribution < -0.4 is 14.4 Å². The van der Waals surface area contributed by atoms with Crippen molar-refractivity contribution in [1.29, 1.82) is 0 Å². The maximum absolute atomic E-state index is 15.0. The lowest BCUT2D eigenvalue weighted by atomic mass is 10.0. The lowest BCUT2D eigenvalue weighted by Crippen LogP contribution is -2.53. The Kier molecular flexibility index (Phi) is 11.7. The summed E-state index contributed by atoms with van der Waals surface area (Å²) in [7, 11) is -2.88. The quantitative estimate of drug-likeness (QED) is 0.173. The van der Waals surface area contributed by atoms with E-state index >= 15 is 4.39 Å². The van der Waals surface area contributed by atoms with Gasteiger partial charge in [-0.2, -0.15) is 0 Å². The van der Waals surface area contributed by atoms with E-state index in [1.54, 1.807) is 60.7 Å². The molecule has 0 saturated carbocycles. The molecule has 0 bridgehead atoms. The third-order valence-corrected chi connectivity index (χ3v) is 9.14. The van der Waals surface area contributed by atoms with Crippen LogP contribution in [0.3, 0.4) is 0 Å². The summed E-state index contributed by atoms with van der Waals surface area (Å²) in [5, 5.41) is 2.92. The lowest BCUT2D eigenvalue weighted by Gasteiger charge is -2.34. The third-order valence-electron chi connectivity index (χ3n) is 7.36. The summed E-state index contributed by atoms with van der Waals surface area (Å²) in [6.45, 7) is 1.48. The lowest BCUT2D eigenvalue weighted by molar-refractivity contribution is -0.140.